The molecule has 2 nitrogen and oxygen atoms in total. The van der Waals surface area contributed by atoms with E-state index in [4.69, 9.17) is 9.72 Å². The van der Waals surface area contributed by atoms with E-state index in [0.717, 1.165) is 38.0 Å². The van der Waals surface area contributed by atoms with Gasteiger partial charge in [0.1, 0.15) is 16.6 Å². The van der Waals surface area contributed by atoms with Crippen LogP contribution in [0.1, 0.15) is 0 Å². The number of rotatable bonds is 5. The van der Waals surface area contributed by atoms with Crippen molar-refractivity contribution in [3.8, 4) is 38.0 Å². The van der Waals surface area contributed by atoms with E-state index in [1.807, 2.05) is 24.3 Å². The van der Waals surface area contributed by atoms with Crippen molar-refractivity contribution >= 4 is 23.1 Å². The molecule has 0 aliphatic rings. The van der Waals surface area contributed by atoms with E-state index in [1.54, 1.807) is 42.3 Å². The summed E-state index contributed by atoms with van der Waals surface area (Å²) in [5.41, 5.74) is 3.91. The van der Waals surface area contributed by atoms with Crippen molar-refractivity contribution in [2.75, 3.05) is 13.4 Å². The summed E-state index contributed by atoms with van der Waals surface area (Å²) < 4.78 is 18.7. The molecular weight excluding hydrogens is 389 g/mol. The maximum atomic E-state index is 13.4. The molecule has 0 amide bonds. The Balaban J connectivity index is 1.83. The molecule has 0 unspecified atom stereocenters. The standard InChI is InChI=1S/C23H18FNOS2/c1-26-19-11-5-17(6-12-19)23-25-21(15-3-9-18(24)10-4-15)22(28-23)16-7-13-20(27-2)14-8-16/h3-14H,1-2H3. The summed E-state index contributed by atoms with van der Waals surface area (Å²) in [5, 5.41) is 0.922. The highest BCUT2D eigenvalue weighted by molar-refractivity contribution is 7.98. The highest BCUT2D eigenvalue weighted by Crippen LogP contribution is 2.41. The van der Waals surface area contributed by atoms with E-state index < -0.39 is 0 Å². The maximum absolute atomic E-state index is 13.4. The van der Waals surface area contributed by atoms with Gasteiger partial charge >= 0.3 is 0 Å². The lowest BCUT2D eigenvalue weighted by molar-refractivity contribution is 0.415. The number of halogens is 1. The molecule has 140 valence electrons. The molecular formula is C23H18FNOS2. The predicted molar refractivity (Wildman–Crippen MR) is 117 cm³/mol. The number of thiazole rings is 1. The largest absolute Gasteiger partial charge is 0.497 e. The van der Waals surface area contributed by atoms with Crippen molar-refractivity contribution < 1.29 is 9.13 Å². The summed E-state index contributed by atoms with van der Waals surface area (Å²) in [5.74, 6) is 0.562. The number of methoxy groups -OCH3 is 1. The van der Waals surface area contributed by atoms with Crippen molar-refractivity contribution in [3.63, 3.8) is 0 Å². The molecule has 0 aliphatic carbocycles. The first-order valence-electron chi connectivity index (χ1n) is 8.73. The second-order valence-corrected chi connectivity index (χ2v) is 8.04. The monoisotopic (exact) mass is 407 g/mol. The fourth-order valence-corrected chi connectivity index (χ4v) is 4.43. The maximum Gasteiger partial charge on any atom is 0.124 e. The molecule has 0 bridgehead atoms. The molecule has 0 atom stereocenters. The van der Waals surface area contributed by atoms with Crippen molar-refractivity contribution in [1.82, 2.24) is 4.98 Å². The van der Waals surface area contributed by atoms with Gasteiger partial charge in [0.25, 0.3) is 0 Å². The lowest BCUT2D eigenvalue weighted by Gasteiger charge is -2.04. The summed E-state index contributed by atoms with van der Waals surface area (Å²) in [7, 11) is 1.65. The summed E-state index contributed by atoms with van der Waals surface area (Å²) in [6, 6.07) is 22.8. The Morgan fingerprint density at radius 1 is 0.821 bits per heavy atom. The molecule has 0 radical (unpaired) electrons. The molecule has 0 N–H and O–H groups in total. The number of ether oxygens (including phenoxy) is 1. The van der Waals surface area contributed by atoms with E-state index in [-0.39, 0.29) is 5.82 Å². The van der Waals surface area contributed by atoms with Crippen LogP contribution in [0.2, 0.25) is 0 Å². The van der Waals surface area contributed by atoms with Gasteiger partial charge in [-0.05, 0) is 72.5 Å². The first-order chi connectivity index (χ1) is 13.7. The van der Waals surface area contributed by atoms with Gasteiger partial charge in [-0.25, -0.2) is 9.37 Å². The topological polar surface area (TPSA) is 22.1 Å². The van der Waals surface area contributed by atoms with Gasteiger partial charge in [0.15, 0.2) is 0 Å². The van der Waals surface area contributed by atoms with Gasteiger partial charge in [-0.2, -0.15) is 0 Å². The summed E-state index contributed by atoms with van der Waals surface area (Å²) in [6.07, 6.45) is 2.06. The van der Waals surface area contributed by atoms with E-state index in [2.05, 4.69) is 30.5 Å². The first kappa shape index (κ1) is 18.7. The Morgan fingerprint density at radius 3 is 2.04 bits per heavy atom. The van der Waals surface area contributed by atoms with Crippen LogP contribution in [0.15, 0.2) is 77.7 Å². The number of thioether (sulfide) groups is 1. The molecule has 0 fully saturated rings. The molecule has 3 aromatic carbocycles. The van der Waals surface area contributed by atoms with Gasteiger partial charge in [-0.15, -0.1) is 23.1 Å². The Morgan fingerprint density at radius 2 is 1.43 bits per heavy atom. The van der Waals surface area contributed by atoms with Crippen molar-refractivity contribution in [2.45, 2.75) is 4.90 Å². The molecule has 0 spiro atoms. The summed E-state index contributed by atoms with van der Waals surface area (Å²) >= 11 is 3.35. The molecule has 28 heavy (non-hydrogen) atoms. The smallest absolute Gasteiger partial charge is 0.124 e. The number of hydrogen-bond acceptors (Lipinski definition) is 4. The number of nitrogens with zero attached hydrogens (tertiary/aromatic N) is 1. The molecule has 5 heteroatoms. The van der Waals surface area contributed by atoms with Gasteiger partial charge in [0.05, 0.1) is 17.7 Å². The van der Waals surface area contributed by atoms with Crippen LogP contribution < -0.4 is 4.74 Å². The zero-order valence-electron chi connectivity index (χ0n) is 15.5. The third-order valence-corrected chi connectivity index (χ3v) is 6.33. The van der Waals surface area contributed by atoms with Gasteiger partial charge in [-0.1, -0.05) is 12.1 Å². The molecule has 0 saturated heterocycles. The fraction of sp³-hybridized carbons (Fsp3) is 0.0870. The first-order valence-corrected chi connectivity index (χ1v) is 10.8. The van der Waals surface area contributed by atoms with Crippen LogP contribution in [0, 0.1) is 5.82 Å². The van der Waals surface area contributed by atoms with Crippen LogP contribution in [0.4, 0.5) is 4.39 Å². The zero-order valence-corrected chi connectivity index (χ0v) is 17.1. The zero-order chi connectivity index (χ0) is 19.5. The highest BCUT2D eigenvalue weighted by Gasteiger charge is 2.16. The lowest BCUT2D eigenvalue weighted by atomic mass is 10.1. The number of benzene rings is 3. The van der Waals surface area contributed by atoms with Gasteiger partial charge < -0.3 is 4.74 Å². The fourth-order valence-electron chi connectivity index (χ4n) is 2.92. The van der Waals surface area contributed by atoms with Gasteiger partial charge in [-0.3, -0.25) is 0 Å². The minimum Gasteiger partial charge on any atom is -0.497 e. The molecule has 0 saturated carbocycles. The normalized spacial score (nSPS) is 10.8. The second-order valence-electron chi connectivity index (χ2n) is 6.16. The van der Waals surface area contributed by atoms with Crippen molar-refractivity contribution in [3.05, 3.63) is 78.6 Å². The van der Waals surface area contributed by atoms with Crippen LogP contribution in [0.25, 0.3) is 32.3 Å². The summed E-state index contributed by atoms with van der Waals surface area (Å²) in [6.45, 7) is 0. The van der Waals surface area contributed by atoms with E-state index in [9.17, 15) is 4.39 Å². The summed E-state index contributed by atoms with van der Waals surface area (Å²) in [4.78, 5) is 7.19. The van der Waals surface area contributed by atoms with Crippen LogP contribution in [0.5, 0.6) is 5.75 Å². The number of hydrogen-bond donors (Lipinski definition) is 0. The minimum atomic E-state index is -0.250. The average Bonchev–Trinajstić information content (AvgIpc) is 3.20. The predicted octanol–water partition coefficient (Wildman–Crippen LogP) is 7.01. The number of aromatic nitrogens is 1. The quantitative estimate of drug-likeness (QED) is 0.332. The molecule has 0 aliphatic heterocycles. The average molecular weight is 408 g/mol. The Labute approximate surface area is 172 Å². The second kappa shape index (κ2) is 8.17. The molecule has 4 rings (SSSR count). The van der Waals surface area contributed by atoms with Gasteiger partial charge in [0.2, 0.25) is 0 Å². The third kappa shape index (κ3) is 3.81. The van der Waals surface area contributed by atoms with E-state index >= 15 is 0 Å². The SMILES string of the molecule is COc1ccc(-c2nc(-c3ccc(F)cc3)c(-c3ccc(SC)cc3)s2)cc1. The van der Waals surface area contributed by atoms with Crippen LogP contribution >= 0.6 is 23.1 Å². The lowest BCUT2D eigenvalue weighted by Crippen LogP contribution is -1.84. The molecule has 1 aromatic heterocycles. The highest BCUT2D eigenvalue weighted by atomic mass is 32.2. The van der Waals surface area contributed by atoms with E-state index in [0.29, 0.717) is 0 Å². The van der Waals surface area contributed by atoms with Gasteiger partial charge in [0, 0.05) is 16.0 Å². The molecule has 1 heterocycles. The van der Waals surface area contributed by atoms with Crippen molar-refractivity contribution in [2.24, 2.45) is 0 Å². The Kier molecular flexibility index (Phi) is 5.46. The van der Waals surface area contributed by atoms with E-state index in [1.165, 1.54) is 17.0 Å². The van der Waals surface area contributed by atoms with Crippen LogP contribution in [0.3, 0.4) is 0 Å². The van der Waals surface area contributed by atoms with Crippen LogP contribution in [-0.2, 0) is 0 Å². The minimum absolute atomic E-state index is 0.250. The Hall–Kier alpha value is -2.63. The molecule has 4 aromatic rings. The van der Waals surface area contributed by atoms with Crippen LogP contribution in [-0.4, -0.2) is 18.3 Å². The Bertz CT molecular complexity index is 1070. The third-order valence-electron chi connectivity index (χ3n) is 4.43. The van der Waals surface area contributed by atoms with Crippen molar-refractivity contribution in [1.29, 1.82) is 0 Å².